The van der Waals surface area contributed by atoms with Gasteiger partial charge in [0.2, 0.25) is 5.91 Å². The number of aryl methyl sites for hydroxylation is 1. The normalized spacial score (nSPS) is 21.6. The topological polar surface area (TPSA) is 65.8 Å². The monoisotopic (exact) mass is 501 g/mol. The van der Waals surface area contributed by atoms with E-state index in [1.165, 1.54) is 24.8 Å². The molecule has 37 heavy (non-hydrogen) atoms. The Morgan fingerprint density at radius 2 is 1.65 bits per heavy atom. The number of fused-ring (bicyclic) bond motifs is 1. The van der Waals surface area contributed by atoms with Crippen LogP contribution in [0.2, 0.25) is 0 Å². The maximum atomic E-state index is 14.0. The van der Waals surface area contributed by atoms with E-state index in [-0.39, 0.29) is 29.5 Å². The van der Waals surface area contributed by atoms with Gasteiger partial charge in [-0.1, -0.05) is 55.0 Å². The van der Waals surface area contributed by atoms with E-state index < -0.39 is 0 Å². The predicted molar refractivity (Wildman–Crippen MR) is 147 cm³/mol. The van der Waals surface area contributed by atoms with Crippen LogP contribution >= 0.6 is 0 Å². The van der Waals surface area contributed by atoms with Gasteiger partial charge in [-0.25, -0.2) is 0 Å². The molecule has 1 saturated heterocycles. The molecule has 1 atom stereocenters. The van der Waals surface area contributed by atoms with Crippen molar-refractivity contribution in [2.45, 2.75) is 63.6 Å². The Hall–Kier alpha value is -2.96. The Balaban J connectivity index is 1.50. The van der Waals surface area contributed by atoms with Gasteiger partial charge in [0, 0.05) is 25.1 Å². The highest BCUT2D eigenvalue weighted by Gasteiger charge is 2.32. The molecule has 1 aliphatic heterocycles. The van der Waals surface area contributed by atoms with Crippen molar-refractivity contribution in [3.8, 4) is 0 Å². The molecule has 1 unspecified atom stereocenters. The summed E-state index contributed by atoms with van der Waals surface area (Å²) in [5.41, 5.74) is 2.71. The zero-order valence-corrected chi connectivity index (χ0v) is 21.9. The third-order valence-electron chi connectivity index (χ3n) is 8.34. The molecule has 5 rings (SSSR count). The number of hydrogen-bond acceptors (Lipinski definition) is 4. The van der Waals surface area contributed by atoms with Gasteiger partial charge in [-0.05, 0) is 74.7 Å². The van der Waals surface area contributed by atoms with E-state index >= 15 is 0 Å². The number of aliphatic hydroxyl groups excluding tert-OH is 1. The van der Waals surface area contributed by atoms with E-state index in [1.54, 1.807) is 4.57 Å². The molecule has 6 nitrogen and oxygen atoms in total. The molecule has 2 aromatic carbocycles. The number of pyridine rings is 1. The molecular formula is C31H39N3O3. The average Bonchev–Trinajstić information content (AvgIpc) is 2.94. The molecule has 196 valence electrons. The highest BCUT2D eigenvalue weighted by molar-refractivity contribution is 5.81. The molecule has 1 aromatic heterocycles. The fraction of sp³-hybridized carbons (Fsp3) is 0.484. The molecule has 0 bridgehead atoms. The van der Waals surface area contributed by atoms with Crippen molar-refractivity contribution >= 4 is 16.8 Å². The number of nitrogens with zero attached hydrogens (tertiary/aromatic N) is 3. The molecule has 0 spiro atoms. The molecule has 3 aromatic rings. The molecule has 2 heterocycles. The first kappa shape index (κ1) is 25.7. The van der Waals surface area contributed by atoms with Crippen LogP contribution < -0.4 is 5.56 Å². The van der Waals surface area contributed by atoms with Crippen LogP contribution in [0.25, 0.3) is 10.9 Å². The minimum Gasteiger partial charge on any atom is -0.393 e. The van der Waals surface area contributed by atoms with Crippen molar-refractivity contribution < 1.29 is 9.90 Å². The summed E-state index contributed by atoms with van der Waals surface area (Å²) in [5, 5.41) is 11.0. The second-order valence-corrected chi connectivity index (χ2v) is 10.8. The van der Waals surface area contributed by atoms with E-state index in [0.717, 1.165) is 24.0 Å². The van der Waals surface area contributed by atoms with E-state index in [1.807, 2.05) is 48.3 Å². The number of amides is 1. The summed E-state index contributed by atoms with van der Waals surface area (Å²) >= 11 is 0. The smallest absolute Gasteiger partial charge is 0.255 e. The summed E-state index contributed by atoms with van der Waals surface area (Å²) in [4.78, 5) is 31.9. The molecule has 0 radical (unpaired) electrons. The second kappa shape index (κ2) is 11.6. The van der Waals surface area contributed by atoms with Crippen LogP contribution in [0.1, 0.15) is 62.1 Å². The highest BCUT2D eigenvalue weighted by atomic mass is 16.3. The van der Waals surface area contributed by atoms with Crippen LogP contribution in [-0.4, -0.2) is 51.1 Å². The lowest BCUT2D eigenvalue weighted by molar-refractivity contribution is -0.139. The number of hydrogen-bond donors (Lipinski definition) is 1. The van der Waals surface area contributed by atoms with E-state index in [4.69, 9.17) is 0 Å². The summed E-state index contributed by atoms with van der Waals surface area (Å²) in [6.07, 6.45) is 6.00. The van der Waals surface area contributed by atoms with Crippen LogP contribution in [0.3, 0.4) is 0 Å². The molecule has 1 N–H and O–H groups in total. The van der Waals surface area contributed by atoms with Crippen molar-refractivity contribution in [2.24, 2.45) is 13.0 Å². The van der Waals surface area contributed by atoms with Crippen molar-refractivity contribution in [3.05, 3.63) is 82.1 Å². The Morgan fingerprint density at radius 3 is 2.38 bits per heavy atom. The fourth-order valence-corrected chi connectivity index (χ4v) is 6.17. The maximum absolute atomic E-state index is 14.0. The summed E-state index contributed by atoms with van der Waals surface area (Å²) in [6, 6.07) is 20.4. The Labute approximate surface area is 219 Å². The number of rotatable bonds is 7. The van der Waals surface area contributed by atoms with Gasteiger partial charge in [-0.3, -0.25) is 14.5 Å². The number of para-hydroxylation sites is 1. The third kappa shape index (κ3) is 5.81. The summed E-state index contributed by atoms with van der Waals surface area (Å²) in [6.45, 7) is 2.90. The van der Waals surface area contributed by atoms with Gasteiger partial charge in [0.15, 0.2) is 0 Å². The lowest BCUT2D eigenvalue weighted by Crippen LogP contribution is -2.45. The van der Waals surface area contributed by atoms with Crippen molar-refractivity contribution in [1.82, 2.24) is 14.4 Å². The van der Waals surface area contributed by atoms with E-state index in [0.29, 0.717) is 44.3 Å². The van der Waals surface area contributed by atoms with Crippen LogP contribution in [0.15, 0.2) is 65.5 Å². The zero-order valence-electron chi connectivity index (χ0n) is 21.9. The molecular weight excluding hydrogens is 462 g/mol. The Kier molecular flexibility index (Phi) is 8.06. The van der Waals surface area contributed by atoms with Crippen molar-refractivity contribution in [3.63, 3.8) is 0 Å². The summed E-state index contributed by atoms with van der Waals surface area (Å²) < 4.78 is 1.70. The minimum atomic E-state index is -0.310. The number of aromatic nitrogens is 1. The number of carbonyl (C=O) groups is 1. The highest BCUT2D eigenvalue weighted by Crippen LogP contribution is 2.30. The average molecular weight is 502 g/mol. The predicted octanol–water partition coefficient (Wildman–Crippen LogP) is 4.65. The van der Waals surface area contributed by atoms with Crippen molar-refractivity contribution in [1.29, 1.82) is 0 Å². The number of benzene rings is 2. The van der Waals surface area contributed by atoms with Crippen molar-refractivity contribution in [2.75, 3.05) is 19.6 Å². The fourth-order valence-electron chi connectivity index (χ4n) is 6.17. The Bertz CT molecular complexity index is 1260. The minimum absolute atomic E-state index is 0.0511. The number of aliphatic hydroxyl groups is 1. The standard InChI is InChI=1S/C31H39N3O3/c1-32-28-13-7-6-12-25(28)20-26(30(32)36)21-34(31(37)24-14-16-27(35)17-15-24)22-29(23-10-4-2-5-11-23)33-18-8-3-9-19-33/h2,4-7,10-13,20,24,27,29,35H,3,8-9,14-19,21-22H2,1H3. The first-order valence-corrected chi connectivity index (χ1v) is 13.8. The molecule has 2 fully saturated rings. The van der Waals surface area contributed by atoms with E-state index in [9.17, 15) is 14.7 Å². The molecule has 2 aliphatic rings. The van der Waals surface area contributed by atoms with Gasteiger partial charge in [-0.2, -0.15) is 0 Å². The summed E-state index contributed by atoms with van der Waals surface area (Å²) in [7, 11) is 1.81. The van der Waals surface area contributed by atoms with Gasteiger partial charge < -0.3 is 14.6 Å². The first-order valence-electron chi connectivity index (χ1n) is 13.8. The maximum Gasteiger partial charge on any atom is 0.255 e. The lowest BCUT2D eigenvalue weighted by atomic mass is 9.86. The van der Waals surface area contributed by atoms with Crippen LogP contribution in [-0.2, 0) is 18.4 Å². The molecule has 6 heteroatoms. The second-order valence-electron chi connectivity index (χ2n) is 10.8. The van der Waals surface area contributed by atoms with Gasteiger partial charge in [0.1, 0.15) is 0 Å². The third-order valence-corrected chi connectivity index (χ3v) is 8.34. The van der Waals surface area contributed by atoms with Gasteiger partial charge in [0.05, 0.1) is 24.2 Å². The zero-order chi connectivity index (χ0) is 25.8. The van der Waals surface area contributed by atoms with Crippen LogP contribution in [0.5, 0.6) is 0 Å². The van der Waals surface area contributed by atoms with Gasteiger partial charge >= 0.3 is 0 Å². The molecule has 1 saturated carbocycles. The lowest BCUT2D eigenvalue weighted by Gasteiger charge is -2.39. The first-order chi connectivity index (χ1) is 18.0. The number of piperidine rings is 1. The van der Waals surface area contributed by atoms with Crippen LogP contribution in [0.4, 0.5) is 0 Å². The SMILES string of the molecule is Cn1c(=O)c(CN(CC(c2ccccc2)N2CCCCC2)C(=O)C2CCC(O)CC2)cc2ccccc21. The molecule has 1 amide bonds. The van der Waals surface area contributed by atoms with Gasteiger partial charge in [0.25, 0.3) is 5.56 Å². The van der Waals surface area contributed by atoms with E-state index in [2.05, 4.69) is 29.2 Å². The molecule has 1 aliphatic carbocycles. The van der Waals surface area contributed by atoms with Gasteiger partial charge in [-0.15, -0.1) is 0 Å². The number of carbonyl (C=O) groups excluding carboxylic acids is 1. The summed E-state index contributed by atoms with van der Waals surface area (Å²) in [5.74, 6) is 0.00513. The number of likely N-dealkylation sites (tertiary alicyclic amines) is 1. The van der Waals surface area contributed by atoms with Crippen LogP contribution in [0, 0.1) is 5.92 Å². The quantitative estimate of drug-likeness (QED) is 0.512. The largest absolute Gasteiger partial charge is 0.393 e. The Morgan fingerprint density at radius 1 is 0.973 bits per heavy atom.